The van der Waals surface area contributed by atoms with Gasteiger partial charge in [-0.15, -0.1) is 0 Å². The molecule has 60 heavy (non-hydrogen) atoms. The molecule has 0 bridgehead atoms. The monoisotopic (exact) mass is 772 g/mol. The molecule has 2 atom stereocenters. The van der Waals surface area contributed by atoms with E-state index in [2.05, 4.69) is 163 Å². The average Bonchev–Trinajstić information content (AvgIpc) is 3.80. The van der Waals surface area contributed by atoms with Crippen LogP contribution in [0.4, 0.5) is 0 Å². The van der Waals surface area contributed by atoms with E-state index in [4.69, 9.17) is 0 Å². The van der Waals surface area contributed by atoms with Crippen LogP contribution in [0.5, 0.6) is 0 Å². The van der Waals surface area contributed by atoms with E-state index in [1.807, 2.05) is 0 Å². The van der Waals surface area contributed by atoms with Crippen LogP contribution in [0, 0.1) is 22.7 Å². The molecule has 2 aliphatic rings. The summed E-state index contributed by atoms with van der Waals surface area (Å²) in [5.41, 5.74) is 4.40. The van der Waals surface area contributed by atoms with Crippen LogP contribution in [0.2, 0.25) is 0 Å². The lowest BCUT2D eigenvalue weighted by Crippen LogP contribution is -2.25. The van der Waals surface area contributed by atoms with Gasteiger partial charge < -0.3 is 0 Å². The van der Waals surface area contributed by atoms with Crippen LogP contribution in [-0.2, 0) is 12.8 Å². The van der Waals surface area contributed by atoms with Crippen molar-refractivity contribution in [2.24, 2.45) is 22.7 Å². The standard InChI is InChI=1S/2C29H22O/c2*1-29(2,3)22-14-21-19-12-10-15-6-4-8-17-18-9-5-7-16-11-13-20(25(21)28(22)30)27(24(16)18)26(19)23(15)17/h2*4-13,22H,14H2,1-3H3/t2*22-/m00/s1. The molecular formula is C58H44O2. The van der Waals surface area contributed by atoms with E-state index in [1.54, 1.807) is 0 Å². The molecule has 2 aliphatic carbocycles. The molecular weight excluding hydrogens is 729 g/mol. The SMILES string of the molecule is CC(C)(C)[C@H]1Cc2c(c3ccc4cccc5c6cccc7ccc2c(c76)c3c45)C1=O.CC(C)(C)[C@H]1Cc2c(c3ccc4cccc5c6cccc7ccc2c(c76)c3c45)C1=O. The second-order valence-electron chi connectivity index (χ2n) is 20.2. The Morgan fingerprint density at radius 2 is 0.617 bits per heavy atom. The van der Waals surface area contributed by atoms with Crippen LogP contribution >= 0.6 is 0 Å². The topological polar surface area (TPSA) is 34.1 Å². The number of fused-ring (bicyclic) bond motifs is 8. The van der Waals surface area contributed by atoms with Crippen LogP contribution in [0.1, 0.15) is 73.4 Å². The lowest BCUT2D eigenvalue weighted by atomic mass is 9.78. The highest BCUT2D eigenvalue weighted by atomic mass is 16.1. The largest absolute Gasteiger partial charge is 0.294 e. The Balaban J connectivity index is 0.000000123. The van der Waals surface area contributed by atoms with Gasteiger partial charge in [-0.05, 0) is 143 Å². The Hall–Kier alpha value is -6.38. The molecule has 0 aliphatic heterocycles. The average molecular weight is 773 g/mol. The summed E-state index contributed by atoms with van der Waals surface area (Å²) in [4.78, 5) is 27.4. The quantitative estimate of drug-likeness (QED) is 0.114. The highest BCUT2D eigenvalue weighted by Gasteiger charge is 2.42. The maximum absolute atomic E-state index is 13.7. The molecule has 0 aromatic heterocycles. The summed E-state index contributed by atoms with van der Waals surface area (Å²) in [6, 6.07) is 44.3. The first-order chi connectivity index (χ1) is 28.9. The second kappa shape index (κ2) is 11.3. The zero-order valence-corrected chi connectivity index (χ0v) is 34.9. The van der Waals surface area contributed by atoms with Gasteiger partial charge in [0.25, 0.3) is 0 Å². The minimum Gasteiger partial charge on any atom is -0.294 e. The van der Waals surface area contributed by atoms with Gasteiger partial charge in [0.05, 0.1) is 0 Å². The van der Waals surface area contributed by atoms with Gasteiger partial charge in [0.2, 0.25) is 0 Å². The molecule has 12 aromatic carbocycles. The van der Waals surface area contributed by atoms with Crippen LogP contribution in [0.3, 0.4) is 0 Å². The fourth-order valence-corrected chi connectivity index (χ4v) is 12.3. The summed E-state index contributed by atoms with van der Waals surface area (Å²) < 4.78 is 0. The predicted octanol–water partition coefficient (Wildman–Crippen LogP) is 15.5. The van der Waals surface area contributed by atoms with Gasteiger partial charge in [-0.2, -0.15) is 0 Å². The number of carbonyl (C=O) groups excluding carboxylic acids is 2. The summed E-state index contributed by atoms with van der Waals surface area (Å²) in [6.45, 7) is 13.2. The van der Waals surface area contributed by atoms with Crippen LogP contribution in [0.25, 0.3) is 108 Å². The molecule has 2 heteroatoms. The normalized spacial score (nSPS) is 17.4. The van der Waals surface area contributed by atoms with Crippen molar-refractivity contribution < 1.29 is 9.59 Å². The van der Waals surface area contributed by atoms with E-state index in [9.17, 15) is 9.59 Å². The van der Waals surface area contributed by atoms with E-state index >= 15 is 0 Å². The van der Waals surface area contributed by atoms with Gasteiger partial charge in [-0.25, -0.2) is 0 Å². The minimum absolute atomic E-state index is 0.0407. The summed E-state index contributed by atoms with van der Waals surface area (Å²) >= 11 is 0. The minimum atomic E-state index is -0.0427. The Kier molecular flexibility index (Phi) is 6.47. The van der Waals surface area contributed by atoms with Crippen molar-refractivity contribution in [2.45, 2.75) is 54.4 Å². The number of hydrogen-bond donors (Lipinski definition) is 0. The van der Waals surface area contributed by atoms with Crippen molar-refractivity contribution in [1.29, 1.82) is 0 Å². The Bertz CT molecular complexity index is 3580. The van der Waals surface area contributed by atoms with Crippen LogP contribution < -0.4 is 0 Å². The number of Topliss-reactive ketones (excluding diaryl/α,β-unsaturated/α-hetero) is 2. The van der Waals surface area contributed by atoms with E-state index < -0.39 is 0 Å². The van der Waals surface area contributed by atoms with Gasteiger partial charge in [0, 0.05) is 23.0 Å². The molecule has 0 amide bonds. The maximum atomic E-state index is 13.7. The third kappa shape index (κ3) is 4.19. The summed E-state index contributed by atoms with van der Waals surface area (Å²) in [6.07, 6.45) is 1.69. The molecule has 0 spiro atoms. The van der Waals surface area contributed by atoms with Crippen molar-refractivity contribution in [3.05, 3.63) is 144 Å². The predicted molar refractivity (Wildman–Crippen MR) is 255 cm³/mol. The third-order valence-electron chi connectivity index (χ3n) is 15.1. The summed E-state index contributed by atoms with van der Waals surface area (Å²) in [5.74, 6) is 0.739. The Morgan fingerprint density at radius 3 is 0.917 bits per heavy atom. The van der Waals surface area contributed by atoms with Gasteiger partial charge in [-0.3, -0.25) is 9.59 Å². The van der Waals surface area contributed by atoms with Crippen molar-refractivity contribution in [3.63, 3.8) is 0 Å². The highest BCUT2D eigenvalue weighted by Crippen LogP contribution is 2.53. The smallest absolute Gasteiger partial charge is 0.167 e. The molecule has 0 unspecified atom stereocenters. The van der Waals surface area contributed by atoms with Gasteiger partial charge in [0.1, 0.15) is 0 Å². The Morgan fingerprint density at radius 1 is 0.333 bits per heavy atom. The number of ketones is 2. The second-order valence-corrected chi connectivity index (χ2v) is 20.2. The first-order valence-electron chi connectivity index (χ1n) is 21.7. The van der Waals surface area contributed by atoms with Crippen LogP contribution in [-0.4, -0.2) is 11.6 Å². The maximum Gasteiger partial charge on any atom is 0.167 e. The fourth-order valence-electron chi connectivity index (χ4n) is 12.3. The Labute approximate surface area is 348 Å². The molecule has 12 aromatic rings. The van der Waals surface area contributed by atoms with E-state index in [1.165, 1.54) is 108 Å². The molecule has 0 saturated carbocycles. The lowest BCUT2D eigenvalue weighted by Gasteiger charge is -2.25. The van der Waals surface area contributed by atoms with Gasteiger partial charge >= 0.3 is 0 Å². The lowest BCUT2D eigenvalue weighted by molar-refractivity contribution is 0.0836. The summed E-state index contributed by atoms with van der Waals surface area (Å²) in [7, 11) is 0. The van der Waals surface area contributed by atoms with Crippen molar-refractivity contribution >= 4 is 119 Å². The van der Waals surface area contributed by atoms with Crippen LogP contribution in [0.15, 0.2) is 121 Å². The number of rotatable bonds is 0. The van der Waals surface area contributed by atoms with Crippen molar-refractivity contribution in [3.8, 4) is 0 Å². The molecule has 288 valence electrons. The van der Waals surface area contributed by atoms with E-state index in [0.29, 0.717) is 11.6 Å². The molecule has 0 heterocycles. The van der Waals surface area contributed by atoms with Gasteiger partial charge in [0.15, 0.2) is 11.6 Å². The number of carbonyl (C=O) groups is 2. The van der Waals surface area contributed by atoms with Crippen molar-refractivity contribution in [1.82, 2.24) is 0 Å². The first-order valence-corrected chi connectivity index (χ1v) is 21.7. The first kappa shape index (κ1) is 34.5. The van der Waals surface area contributed by atoms with E-state index in [0.717, 1.165) is 34.7 Å². The highest BCUT2D eigenvalue weighted by molar-refractivity contribution is 6.43. The van der Waals surface area contributed by atoms with Crippen molar-refractivity contribution in [2.75, 3.05) is 0 Å². The molecule has 0 saturated heterocycles. The zero-order valence-electron chi connectivity index (χ0n) is 34.9. The molecule has 0 fully saturated rings. The molecule has 2 nitrogen and oxygen atoms in total. The third-order valence-corrected chi connectivity index (χ3v) is 15.1. The number of hydrogen-bond acceptors (Lipinski definition) is 2. The summed E-state index contributed by atoms with van der Waals surface area (Å²) in [5, 5.41) is 25.7. The van der Waals surface area contributed by atoms with E-state index in [-0.39, 0.29) is 22.7 Å². The fraction of sp³-hybridized carbons (Fsp3) is 0.207. The molecule has 14 rings (SSSR count). The number of benzene rings is 12. The zero-order chi connectivity index (χ0) is 40.7. The molecule has 0 N–H and O–H groups in total. The van der Waals surface area contributed by atoms with Gasteiger partial charge in [-0.1, -0.05) is 163 Å². The molecule has 0 radical (unpaired) electrons.